The molecule has 136 valence electrons. The quantitative estimate of drug-likeness (QED) is 0.752. The van der Waals surface area contributed by atoms with Crippen molar-refractivity contribution in [2.75, 3.05) is 10.2 Å². The van der Waals surface area contributed by atoms with Crippen LogP contribution >= 0.6 is 0 Å². The van der Waals surface area contributed by atoms with Gasteiger partial charge in [0.15, 0.2) is 0 Å². The Balaban J connectivity index is 1.60. The molecule has 5 nitrogen and oxygen atoms in total. The molecule has 2 heterocycles. The Morgan fingerprint density at radius 3 is 2.70 bits per heavy atom. The predicted molar refractivity (Wildman–Crippen MR) is 108 cm³/mol. The molecule has 0 bridgehead atoms. The first-order valence-electron chi connectivity index (χ1n) is 9.11. The van der Waals surface area contributed by atoms with Crippen molar-refractivity contribution < 1.29 is 4.79 Å². The lowest BCUT2D eigenvalue weighted by molar-refractivity contribution is 0.0976. The van der Waals surface area contributed by atoms with Gasteiger partial charge in [0.05, 0.1) is 0 Å². The molecule has 2 aromatic carbocycles. The number of aryl methyl sites for hydroxylation is 2. The largest absolute Gasteiger partial charge is 0.340 e. The number of fused-ring (bicyclic) bond motifs is 1. The van der Waals surface area contributed by atoms with E-state index >= 15 is 0 Å². The Kier molecular flexibility index (Phi) is 4.36. The van der Waals surface area contributed by atoms with Crippen LogP contribution in [0.5, 0.6) is 0 Å². The van der Waals surface area contributed by atoms with Crippen molar-refractivity contribution in [3.63, 3.8) is 0 Å². The van der Waals surface area contributed by atoms with Gasteiger partial charge in [-0.25, -0.2) is 9.97 Å². The molecule has 1 atom stereocenters. The number of nitrogens with one attached hydrogen (secondary N) is 1. The van der Waals surface area contributed by atoms with E-state index in [9.17, 15) is 4.79 Å². The van der Waals surface area contributed by atoms with Crippen LogP contribution in [-0.4, -0.2) is 21.9 Å². The zero-order valence-corrected chi connectivity index (χ0v) is 15.7. The Hall–Kier alpha value is -3.21. The highest BCUT2D eigenvalue weighted by molar-refractivity contribution is 6.06. The van der Waals surface area contributed by atoms with Crippen molar-refractivity contribution in [2.24, 2.45) is 0 Å². The lowest BCUT2D eigenvalue weighted by Crippen LogP contribution is -2.36. The summed E-state index contributed by atoms with van der Waals surface area (Å²) < 4.78 is 0. The van der Waals surface area contributed by atoms with Gasteiger partial charge in [-0.2, -0.15) is 0 Å². The van der Waals surface area contributed by atoms with Crippen LogP contribution in [0.2, 0.25) is 0 Å². The number of nitrogens with zero attached hydrogens (tertiary/aromatic N) is 3. The van der Waals surface area contributed by atoms with Gasteiger partial charge in [0.1, 0.15) is 17.8 Å². The van der Waals surface area contributed by atoms with Gasteiger partial charge in [0.2, 0.25) is 0 Å². The van der Waals surface area contributed by atoms with Crippen LogP contribution in [0.3, 0.4) is 0 Å². The average Bonchev–Trinajstić information content (AvgIpc) is 3.00. The van der Waals surface area contributed by atoms with E-state index in [1.165, 1.54) is 23.0 Å². The van der Waals surface area contributed by atoms with Gasteiger partial charge < -0.3 is 10.2 Å². The summed E-state index contributed by atoms with van der Waals surface area (Å²) in [7, 11) is 0. The lowest BCUT2D eigenvalue weighted by atomic mass is 10.1. The topological polar surface area (TPSA) is 58.1 Å². The minimum absolute atomic E-state index is 0.0991. The molecule has 0 saturated carbocycles. The molecule has 0 radical (unpaired) electrons. The summed E-state index contributed by atoms with van der Waals surface area (Å²) in [6.07, 6.45) is 2.30. The van der Waals surface area contributed by atoms with Gasteiger partial charge in [-0.1, -0.05) is 24.3 Å². The average molecular weight is 358 g/mol. The Bertz CT molecular complexity index is 1010. The second-order valence-corrected chi connectivity index (χ2v) is 7.07. The molecule has 5 heteroatoms. The predicted octanol–water partition coefficient (Wildman–Crippen LogP) is 4.43. The molecule has 1 amide bonds. The normalized spacial score (nSPS) is 15.5. The van der Waals surface area contributed by atoms with Crippen molar-refractivity contribution in [2.45, 2.75) is 33.2 Å². The molecular weight excluding hydrogens is 336 g/mol. The molecule has 4 rings (SSSR count). The second kappa shape index (κ2) is 6.83. The second-order valence-electron chi connectivity index (χ2n) is 7.07. The van der Waals surface area contributed by atoms with Crippen molar-refractivity contribution in [3.8, 4) is 0 Å². The highest BCUT2D eigenvalue weighted by Crippen LogP contribution is 2.33. The van der Waals surface area contributed by atoms with E-state index in [1.807, 2.05) is 29.2 Å². The third kappa shape index (κ3) is 3.28. The first-order valence-corrected chi connectivity index (χ1v) is 9.11. The summed E-state index contributed by atoms with van der Waals surface area (Å²) in [6, 6.07) is 16.0. The van der Waals surface area contributed by atoms with Gasteiger partial charge in [-0.3, -0.25) is 4.79 Å². The van der Waals surface area contributed by atoms with Crippen LogP contribution in [0.15, 0.2) is 54.9 Å². The fraction of sp³-hybridized carbons (Fsp3) is 0.227. The number of benzene rings is 2. The van der Waals surface area contributed by atoms with Crippen molar-refractivity contribution in [1.82, 2.24) is 9.97 Å². The van der Waals surface area contributed by atoms with Crippen molar-refractivity contribution in [1.29, 1.82) is 0 Å². The number of hydrogen-bond donors (Lipinski definition) is 1. The maximum atomic E-state index is 13.1. The number of carbonyl (C=O) groups excluding carboxylic acids is 1. The van der Waals surface area contributed by atoms with E-state index in [0.29, 0.717) is 11.5 Å². The molecule has 0 fully saturated rings. The fourth-order valence-corrected chi connectivity index (χ4v) is 3.51. The Morgan fingerprint density at radius 1 is 1.07 bits per heavy atom. The summed E-state index contributed by atoms with van der Waals surface area (Å²) in [6.45, 7) is 6.21. The van der Waals surface area contributed by atoms with E-state index in [2.05, 4.69) is 54.3 Å². The first kappa shape index (κ1) is 17.2. The summed E-state index contributed by atoms with van der Waals surface area (Å²) >= 11 is 0. The van der Waals surface area contributed by atoms with Gasteiger partial charge in [0, 0.05) is 23.5 Å². The molecule has 0 saturated heterocycles. The molecule has 0 aliphatic carbocycles. The van der Waals surface area contributed by atoms with Crippen LogP contribution in [0.1, 0.15) is 34.1 Å². The van der Waals surface area contributed by atoms with Crippen LogP contribution in [-0.2, 0) is 6.42 Å². The zero-order chi connectivity index (χ0) is 19.0. The van der Waals surface area contributed by atoms with Crippen LogP contribution in [0, 0.1) is 13.8 Å². The highest BCUT2D eigenvalue weighted by atomic mass is 16.2. The van der Waals surface area contributed by atoms with Crippen LogP contribution < -0.4 is 10.2 Å². The van der Waals surface area contributed by atoms with Crippen LogP contribution in [0.4, 0.5) is 17.2 Å². The lowest BCUT2D eigenvalue weighted by Gasteiger charge is -2.22. The SMILES string of the molecule is Cc1ccc(Nc2cc(C(=O)N3c4ccccc4CC3C)ncn2)cc1C. The van der Waals surface area contributed by atoms with E-state index in [-0.39, 0.29) is 11.9 Å². The molecular formula is C22H22N4O. The van der Waals surface area contributed by atoms with E-state index in [0.717, 1.165) is 17.8 Å². The molecule has 1 aromatic heterocycles. The Morgan fingerprint density at radius 2 is 1.89 bits per heavy atom. The minimum atomic E-state index is -0.0991. The fourth-order valence-electron chi connectivity index (χ4n) is 3.51. The smallest absolute Gasteiger partial charge is 0.277 e. The number of rotatable bonds is 3. The van der Waals surface area contributed by atoms with Crippen molar-refractivity contribution in [3.05, 3.63) is 77.2 Å². The summed E-state index contributed by atoms with van der Waals surface area (Å²) in [4.78, 5) is 23.5. The molecule has 27 heavy (non-hydrogen) atoms. The van der Waals surface area contributed by atoms with Gasteiger partial charge >= 0.3 is 0 Å². The minimum Gasteiger partial charge on any atom is -0.340 e. The van der Waals surface area contributed by atoms with Crippen molar-refractivity contribution >= 4 is 23.1 Å². The highest BCUT2D eigenvalue weighted by Gasteiger charge is 2.31. The van der Waals surface area contributed by atoms with E-state index < -0.39 is 0 Å². The summed E-state index contributed by atoms with van der Waals surface area (Å²) in [5.41, 5.74) is 5.93. The zero-order valence-electron chi connectivity index (χ0n) is 15.7. The van der Waals surface area contributed by atoms with Gasteiger partial charge in [-0.15, -0.1) is 0 Å². The Labute approximate surface area is 159 Å². The molecule has 0 spiro atoms. The number of anilines is 3. The first-order chi connectivity index (χ1) is 13.0. The monoisotopic (exact) mass is 358 g/mol. The molecule has 3 aromatic rings. The van der Waals surface area contributed by atoms with E-state index in [1.54, 1.807) is 6.07 Å². The third-order valence-electron chi connectivity index (χ3n) is 5.09. The molecule has 1 N–H and O–H groups in total. The number of hydrogen-bond acceptors (Lipinski definition) is 4. The van der Waals surface area contributed by atoms with Gasteiger partial charge in [-0.05, 0) is 62.1 Å². The molecule has 1 aliphatic heterocycles. The number of aromatic nitrogens is 2. The van der Waals surface area contributed by atoms with E-state index in [4.69, 9.17) is 0 Å². The molecule has 1 aliphatic rings. The standard InChI is InChI=1S/C22H22N4O/c1-14-8-9-18(10-15(14)2)25-21-12-19(23-13-24-21)22(27)26-16(3)11-17-6-4-5-7-20(17)26/h4-10,12-13,16H,11H2,1-3H3,(H,23,24,25). The molecule has 1 unspecified atom stereocenters. The maximum Gasteiger partial charge on any atom is 0.277 e. The number of amides is 1. The summed E-state index contributed by atoms with van der Waals surface area (Å²) in [5.74, 6) is 0.509. The number of para-hydroxylation sites is 1. The summed E-state index contributed by atoms with van der Waals surface area (Å²) in [5, 5.41) is 3.27. The maximum absolute atomic E-state index is 13.1. The third-order valence-corrected chi connectivity index (χ3v) is 5.09. The van der Waals surface area contributed by atoms with Crippen LogP contribution in [0.25, 0.3) is 0 Å². The van der Waals surface area contributed by atoms with Gasteiger partial charge in [0.25, 0.3) is 5.91 Å². The number of carbonyl (C=O) groups is 1.